The van der Waals surface area contributed by atoms with Crippen molar-refractivity contribution in [1.82, 2.24) is 15.1 Å². The zero-order valence-corrected chi connectivity index (χ0v) is 15.0. The van der Waals surface area contributed by atoms with Gasteiger partial charge in [-0.3, -0.25) is 9.89 Å². The number of aromatic nitrogens is 2. The van der Waals surface area contributed by atoms with E-state index in [1.807, 2.05) is 59.7 Å². The second kappa shape index (κ2) is 7.10. The van der Waals surface area contributed by atoms with Crippen LogP contribution in [0.2, 0.25) is 0 Å². The van der Waals surface area contributed by atoms with E-state index >= 15 is 0 Å². The number of rotatable bonds is 5. The first-order valence-corrected chi connectivity index (χ1v) is 8.97. The van der Waals surface area contributed by atoms with Crippen molar-refractivity contribution < 1.29 is 4.79 Å². The van der Waals surface area contributed by atoms with Gasteiger partial charge in [-0.1, -0.05) is 34.1 Å². The molecule has 118 valence electrons. The van der Waals surface area contributed by atoms with Gasteiger partial charge in [0.05, 0.1) is 12.2 Å². The molecule has 2 heterocycles. The van der Waals surface area contributed by atoms with Crippen LogP contribution in [-0.4, -0.2) is 27.5 Å². The molecule has 0 atom stereocenters. The number of nitrogens with one attached hydrogen (secondary N) is 1. The maximum absolute atomic E-state index is 12.7. The fourth-order valence-electron chi connectivity index (χ4n) is 2.29. The van der Waals surface area contributed by atoms with E-state index < -0.39 is 0 Å². The Morgan fingerprint density at radius 3 is 2.74 bits per heavy atom. The summed E-state index contributed by atoms with van der Waals surface area (Å²) in [5.41, 5.74) is 2.26. The number of thiophene rings is 1. The van der Waals surface area contributed by atoms with Crippen LogP contribution >= 0.6 is 27.3 Å². The molecule has 0 aliphatic heterocycles. The van der Waals surface area contributed by atoms with Crippen LogP contribution in [0.15, 0.2) is 52.3 Å². The largest absolute Gasteiger partial charge is 0.332 e. The average molecular weight is 390 g/mol. The quantitative estimate of drug-likeness (QED) is 0.694. The van der Waals surface area contributed by atoms with Crippen molar-refractivity contribution in [2.75, 3.05) is 6.54 Å². The van der Waals surface area contributed by atoms with Crippen LogP contribution in [0.1, 0.15) is 22.3 Å². The standard InChI is InChI=1S/C17H16BrN3OS/c1-2-21(11-14-4-3-9-23-14)17(22)16-10-15(19-20-16)12-5-7-13(18)8-6-12/h3-10H,2,11H2,1H3,(H,19,20). The number of halogens is 1. The highest BCUT2D eigenvalue weighted by molar-refractivity contribution is 9.10. The van der Waals surface area contributed by atoms with E-state index in [9.17, 15) is 4.79 Å². The van der Waals surface area contributed by atoms with Crippen molar-refractivity contribution in [2.45, 2.75) is 13.5 Å². The summed E-state index contributed by atoms with van der Waals surface area (Å²) < 4.78 is 1.01. The summed E-state index contributed by atoms with van der Waals surface area (Å²) in [5, 5.41) is 9.15. The third kappa shape index (κ3) is 3.71. The molecule has 3 aromatic rings. The molecule has 3 rings (SSSR count). The van der Waals surface area contributed by atoms with Gasteiger partial charge in [0.1, 0.15) is 5.69 Å². The summed E-state index contributed by atoms with van der Waals surface area (Å²) in [7, 11) is 0. The Balaban J connectivity index is 1.78. The molecule has 0 aliphatic rings. The lowest BCUT2D eigenvalue weighted by Gasteiger charge is -2.19. The molecule has 0 fully saturated rings. The summed E-state index contributed by atoms with van der Waals surface area (Å²) in [4.78, 5) is 15.6. The Morgan fingerprint density at radius 2 is 2.09 bits per heavy atom. The fraction of sp³-hybridized carbons (Fsp3) is 0.176. The fourth-order valence-corrected chi connectivity index (χ4v) is 3.27. The van der Waals surface area contributed by atoms with Gasteiger partial charge in [-0.15, -0.1) is 11.3 Å². The number of benzene rings is 1. The van der Waals surface area contributed by atoms with E-state index in [0.29, 0.717) is 18.8 Å². The highest BCUT2D eigenvalue weighted by atomic mass is 79.9. The average Bonchev–Trinajstić information content (AvgIpc) is 3.24. The highest BCUT2D eigenvalue weighted by Gasteiger charge is 2.18. The summed E-state index contributed by atoms with van der Waals surface area (Å²) in [6.45, 7) is 3.26. The number of aromatic amines is 1. The maximum atomic E-state index is 12.7. The second-order valence-corrected chi connectivity index (χ2v) is 7.02. The molecule has 0 saturated carbocycles. The lowest BCUT2D eigenvalue weighted by Crippen LogP contribution is -2.30. The number of hydrogen-bond acceptors (Lipinski definition) is 3. The predicted molar refractivity (Wildman–Crippen MR) is 96.5 cm³/mol. The van der Waals surface area contributed by atoms with Crippen LogP contribution in [0.25, 0.3) is 11.3 Å². The SMILES string of the molecule is CCN(Cc1cccs1)C(=O)c1cc(-c2ccc(Br)cc2)n[nH]1. The summed E-state index contributed by atoms with van der Waals surface area (Å²) in [6, 6.07) is 13.7. The molecule has 1 N–H and O–H groups in total. The molecule has 6 heteroatoms. The minimum absolute atomic E-state index is 0.0308. The van der Waals surface area contributed by atoms with Crippen LogP contribution in [0.4, 0.5) is 0 Å². The van der Waals surface area contributed by atoms with E-state index in [4.69, 9.17) is 0 Å². The van der Waals surface area contributed by atoms with Crippen LogP contribution < -0.4 is 0 Å². The van der Waals surface area contributed by atoms with Gasteiger partial charge in [0.25, 0.3) is 5.91 Å². The summed E-state index contributed by atoms with van der Waals surface area (Å²) in [6.07, 6.45) is 0. The normalized spacial score (nSPS) is 10.7. The molecule has 0 radical (unpaired) electrons. The Kier molecular flexibility index (Phi) is 4.93. The Hall–Kier alpha value is -1.92. The first-order valence-electron chi connectivity index (χ1n) is 7.30. The molecule has 0 unspecified atom stereocenters. The van der Waals surface area contributed by atoms with E-state index in [1.165, 1.54) is 4.88 Å². The van der Waals surface area contributed by atoms with Gasteiger partial charge in [-0.25, -0.2) is 0 Å². The Bertz CT molecular complexity index is 781. The number of carbonyl (C=O) groups excluding carboxylic acids is 1. The molecule has 0 aliphatic carbocycles. The molecular formula is C17H16BrN3OS. The minimum atomic E-state index is -0.0308. The van der Waals surface area contributed by atoms with Crippen molar-refractivity contribution in [3.8, 4) is 11.3 Å². The number of nitrogens with zero attached hydrogens (tertiary/aromatic N) is 2. The Labute approximate surface area is 147 Å². The van der Waals surface area contributed by atoms with Crippen LogP contribution in [0, 0.1) is 0 Å². The maximum Gasteiger partial charge on any atom is 0.272 e. The highest BCUT2D eigenvalue weighted by Crippen LogP contribution is 2.21. The molecule has 1 amide bonds. The van der Waals surface area contributed by atoms with Gasteiger partial charge in [-0.2, -0.15) is 5.10 Å². The zero-order valence-electron chi connectivity index (χ0n) is 12.6. The van der Waals surface area contributed by atoms with E-state index in [-0.39, 0.29) is 5.91 Å². The van der Waals surface area contributed by atoms with Gasteiger partial charge in [0.15, 0.2) is 0 Å². The third-order valence-electron chi connectivity index (χ3n) is 3.54. The zero-order chi connectivity index (χ0) is 16.2. The number of H-pyrrole nitrogens is 1. The molecule has 0 saturated heterocycles. The van der Waals surface area contributed by atoms with Crippen LogP contribution in [0.3, 0.4) is 0 Å². The first kappa shape index (κ1) is 16.0. The van der Waals surface area contributed by atoms with Crippen molar-refractivity contribution in [1.29, 1.82) is 0 Å². The van der Waals surface area contributed by atoms with Gasteiger partial charge in [0, 0.05) is 21.5 Å². The van der Waals surface area contributed by atoms with Crippen LogP contribution in [-0.2, 0) is 6.54 Å². The number of amides is 1. The van der Waals surface area contributed by atoms with Crippen molar-refractivity contribution >= 4 is 33.2 Å². The minimum Gasteiger partial charge on any atom is -0.332 e. The summed E-state index contributed by atoms with van der Waals surface area (Å²) >= 11 is 5.07. The monoisotopic (exact) mass is 389 g/mol. The molecular weight excluding hydrogens is 374 g/mol. The molecule has 2 aromatic heterocycles. The molecule has 0 spiro atoms. The van der Waals surface area contributed by atoms with E-state index in [2.05, 4.69) is 26.1 Å². The molecule has 0 bridgehead atoms. The number of hydrogen-bond donors (Lipinski definition) is 1. The smallest absolute Gasteiger partial charge is 0.272 e. The van der Waals surface area contributed by atoms with Crippen molar-refractivity contribution in [2.24, 2.45) is 0 Å². The lowest BCUT2D eigenvalue weighted by molar-refractivity contribution is 0.0748. The second-order valence-electron chi connectivity index (χ2n) is 5.07. The molecule has 23 heavy (non-hydrogen) atoms. The van der Waals surface area contributed by atoms with E-state index in [0.717, 1.165) is 15.7 Å². The van der Waals surface area contributed by atoms with Gasteiger partial charge >= 0.3 is 0 Å². The Morgan fingerprint density at radius 1 is 1.30 bits per heavy atom. The predicted octanol–water partition coefficient (Wildman–Crippen LogP) is 4.56. The molecule has 1 aromatic carbocycles. The lowest BCUT2D eigenvalue weighted by atomic mass is 10.1. The van der Waals surface area contributed by atoms with E-state index in [1.54, 1.807) is 11.3 Å². The van der Waals surface area contributed by atoms with Crippen LogP contribution in [0.5, 0.6) is 0 Å². The van der Waals surface area contributed by atoms with Gasteiger partial charge < -0.3 is 4.90 Å². The number of carbonyl (C=O) groups is 1. The third-order valence-corrected chi connectivity index (χ3v) is 4.93. The summed E-state index contributed by atoms with van der Waals surface area (Å²) in [5.74, 6) is -0.0308. The van der Waals surface area contributed by atoms with Gasteiger partial charge in [0.2, 0.25) is 0 Å². The first-order chi connectivity index (χ1) is 11.2. The van der Waals surface area contributed by atoms with Crippen molar-refractivity contribution in [3.63, 3.8) is 0 Å². The topological polar surface area (TPSA) is 49.0 Å². The van der Waals surface area contributed by atoms with Crippen molar-refractivity contribution in [3.05, 3.63) is 62.9 Å². The van der Waals surface area contributed by atoms with Gasteiger partial charge in [-0.05, 0) is 36.6 Å². The molecule has 4 nitrogen and oxygen atoms in total.